The molecule has 0 fully saturated rings. The lowest BCUT2D eigenvalue weighted by Gasteiger charge is -2.14. The molecule has 90 valence electrons. The minimum atomic E-state index is 0.134. The number of halogens is 2. The van der Waals surface area contributed by atoms with E-state index in [1.165, 1.54) is 0 Å². The summed E-state index contributed by atoms with van der Waals surface area (Å²) in [4.78, 5) is 0. The molecule has 0 aliphatic carbocycles. The number of hydrogen-bond acceptors (Lipinski definition) is 2. The van der Waals surface area contributed by atoms with Gasteiger partial charge in [-0.3, -0.25) is 0 Å². The standard InChI is InChI=1S/C13H13Br2NO/c1-8-3-6-13(17-8)9(2)16-12-7-10(14)4-5-11(12)15/h3-7,9,16H,1-2H3. The Bertz CT molecular complexity index is 522. The average molecular weight is 359 g/mol. The van der Waals surface area contributed by atoms with Crippen LogP contribution in [0.4, 0.5) is 5.69 Å². The van der Waals surface area contributed by atoms with Crippen molar-refractivity contribution in [1.29, 1.82) is 0 Å². The van der Waals surface area contributed by atoms with Gasteiger partial charge in [0.15, 0.2) is 0 Å². The van der Waals surface area contributed by atoms with Crippen LogP contribution >= 0.6 is 31.9 Å². The SMILES string of the molecule is Cc1ccc(C(C)Nc2cc(Br)ccc2Br)o1. The molecule has 4 heteroatoms. The molecule has 0 saturated carbocycles. The first-order chi connectivity index (χ1) is 8.06. The van der Waals surface area contributed by atoms with Gasteiger partial charge in [-0.05, 0) is 60.1 Å². The molecule has 0 bridgehead atoms. The van der Waals surface area contributed by atoms with Crippen LogP contribution in [0.25, 0.3) is 0 Å². The van der Waals surface area contributed by atoms with Crippen LogP contribution in [0.3, 0.4) is 0 Å². The lowest BCUT2D eigenvalue weighted by Crippen LogP contribution is -2.06. The molecule has 1 heterocycles. The Morgan fingerprint density at radius 1 is 1.18 bits per heavy atom. The maximum atomic E-state index is 5.60. The molecule has 17 heavy (non-hydrogen) atoms. The number of furan rings is 1. The van der Waals surface area contributed by atoms with E-state index >= 15 is 0 Å². The van der Waals surface area contributed by atoms with Crippen molar-refractivity contribution in [2.75, 3.05) is 5.32 Å². The topological polar surface area (TPSA) is 25.2 Å². The third-order valence-electron chi connectivity index (χ3n) is 2.49. The molecule has 1 aromatic carbocycles. The highest BCUT2D eigenvalue weighted by Crippen LogP contribution is 2.29. The summed E-state index contributed by atoms with van der Waals surface area (Å²) >= 11 is 6.99. The third-order valence-corrected chi connectivity index (χ3v) is 3.67. The van der Waals surface area contributed by atoms with Gasteiger partial charge in [-0.25, -0.2) is 0 Å². The number of rotatable bonds is 3. The van der Waals surface area contributed by atoms with E-state index in [9.17, 15) is 0 Å². The Labute approximate surface area is 118 Å². The molecule has 1 N–H and O–H groups in total. The molecule has 0 amide bonds. The van der Waals surface area contributed by atoms with Gasteiger partial charge in [0.25, 0.3) is 0 Å². The zero-order valence-corrected chi connectivity index (χ0v) is 12.8. The van der Waals surface area contributed by atoms with Crippen LogP contribution in [-0.2, 0) is 0 Å². The highest BCUT2D eigenvalue weighted by Gasteiger charge is 2.11. The largest absolute Gasteiger partial charge is 0.464 e. The third kappa shape index (κ3) is 3.13. The normalized spacial score (nSPS) is 12.5. The molecule has 0 saturated heterocycles. The number of nitrogens with one attached hydrogen (secondary N) is 1. The number of anilines is 1. The Morgan fingerprint density at radius 3 is 2.59 bits per heavy atom. The minimum absolute atomic E-state index is 0.134. The van der Waals surface area contributed by atoms with Crippen LogP contribution in [0.1, 0.15) is 24.5 Å². The van der Waals surface area contributed by atoms with E-state index in [2.05, 4.69) is 44.1 Å². The molecule has 2 rings (SSSR count). The first kappa shape index (κ1) is 12.7. The summed E-state index contributed by atoms with van der Waals surface area (Å²) < 4.78 is 7.68. The summed E-state index contributed by atoms with van der Waals surface area (Å²) in [6, 6.07) is 10.1. The van der Waals surface area contributed by atoms with Crippen molar-refractivity contribution in [3.63, 3.8) is 0 Å². The molecule has 1 unspecified atom stereocenters. The molecular formula is C13H13Br2NO. The summed E-state index contributed by atoms with van der Waals surface area (Å²) in [5, 5.41) is 3.41. The van der Waals surface area contributed by atoms with Crippen LogP contribution < -0.4 is 5.32 Å². The number of aryl methyl sites for hydroxylation is 1. The highest BCUT2D eigenvalue weighted by molar-refractivity contribution is 9.11. The molecule has 1 atom stereocenters. The quantitative estimate of drug-likeness (QED) is 0.806. The Kier molecular flexibility index (Phi) is 3.94. The average Bonchev–Trinajstić information content (AvgIpc) is 2.70. The van der Waals surface area contributed by atoms with Gasteiger partial charge in [0.05, 0.1) is 11.7 Å². The van der Waals surface area contributed by atoms with E-state index in [0.717, 1.165) is 26.2 Å². The van der Waals surface area contributed by atoms with Crippen molar-refractivity contribution in [1.82, 2.24) is 0 Å². The molecule has 0 aliphatic rings. The zero-order valence-electron chi connectivity index (χ0n) is 9.63. The Balaban J connectivity index is 2.18. The molecule has 1 aromatic heterocycles. The second kappa shape index (κ2) is 5.27. The predicted molar refractivity (Wildman–Crippen MR) is 77.3 cm³/mol. The van der Waals surface area contributed by atoms with Gasteiger partial charge < -0.3 is 9.73 Å². The fraction of sp³-hybridized carbons (Fsp3) is 0.231. The zero-order chi connectivity index (χ0) is 12.4. The summed E-state index contributed by atoms with van der Waals surface area (Å²) in [5.74, 6) is 1.87. The van der Waals surface area contributed by atoms with Crippen LogP contribution in [0.2, 0.25) is 0 Å². The van der Waals surface area contributed by atoms with Crippen molar-refractivity contribution in [2.45, 2.75) is 19.9 Å². The van der Waals surface area contributed by atoms with E-state index in [4.69, 9.17) is 4.42 Å². The monoisotopic (exact) mass is 357 g/mol. The summed E-state index contributed by atoms with van der Waals surface area (Å²) in [7, 11) is 0. The van der Waals surface area contributed by atoms with Gasteiger partial charge in [-0.15, -0.1) is 0 Å². The lowest BCUT2D eigenvalue weighted by molar-refractivity contribution is 0.467. The smallest absolute Gasteiger partial charge is 0.126 e. The number of hydrogen-bond donors (Lipinski definition) is 1. The van der Waals surface area contributed by atoms with Crippen molar-refractivity contribution in [2.24, 2.45) is 0 Å². The van der Waals surface area contributed by atoms with E-state index < -0.39 is 0 Å². The van der Waals surface area contributed by atoms with Crippen molar-refractivity contribution >= 4 is 37.5 Å². The van der Waals surface area contributed by atoms with Crippen LogP contribution in [-0.4, -0.2) is 0 Å². The fourth-order valence-electron chi connectivity index (χ4n) is 1.60. The van der Waals surface area contributed by atoms with Gasteiger partial charge in [0, 0.05) is 8.95 Å². The second-order valence-electron chi connectivity index (χ2n) is 3.94. The molecule has 0 aliphatic heterocycles. The van der Waals surface area contributed by atoms with Gasteiger partial charge in [-0.2, -0.15) is 0 Å². The summed E-state index contributed by atoms with van der Waals surface area (Å²) in [5.41, 5.74) is 1.04. The molecule has 0 radical (unpaired) electrons. The fourth-order valence-corrected chi connectivity index (χ4v) is 2.32. The maximum Gasteiger partial charge on any atom is 0.126 e. The Morgan fingerprint density at radius 2 is 1.94 bits per heavy atom. The lowest BCUT2D eigenvalue weighted by atomic mass is 10.2. The van der Waals surface area contributed by atoms with E-state index in [0.29, 0.717) is 0 Å². The van der Waals surface area contributed by atoms with Crippen LogP contribution in [0.5, 0.6) is 0 Å². The summed E-state index contributed by atoms with van der Waals surface area (Å²) in [6.07, 6.45) is 0. The first-order valence-corrected chi connectivity index (χ1v) is 6.93. The number of benzene rings is 1. The van der Waals surface area contributed by atoms with Gasteiger partial charge >= 0.3 is 0 Å². The minimum Gasteiger partial charge on any atom is -0.464 e. The van der Waals surface area contributed by atoms with E-state index in [1.54, 1.807) is 0 Å². The molecular weight excluding hydrogens is 346 g/mol. The Hall–Kier alpha value is -0.740. The first-order valence-electron chi connectivity index (χ1n) is 5.34. The van der Waals surface area contributed by atoms with Crippen LogP contribution in [0.15, 0.2) is 43.7 Å². The highest BCUT2D eigenvalue weighted by atomic mass is 79.9. The van der Waals surface area contributed by atoms with Crippen LogP contribution in [0, 0.1) is 6.92 Å². The van der Waals surface area contributed by atoms with Gasteiger partial charge in [-0.1, -0.05) is 15.9 Å². The summed E-state index contributed by atoms with van der Waals surface area (Å²) in [6.45, 7) is 4.02. The van der Waals surface area contributed by atoms with Gasteiger partial charge in [0.1, 0.15) is 11.5 Å². The van der Waals surface area contributed by atoms with Gasteiger partial charge in [0.2, 0.25) is 0 Å². The van der Waals surface area contributed by atoms with E-state index in [-0.39, 0.29) is 6.04 Å². The van der Waals surface area contributed by atoms with Crippen molar-refractivity contribution < 1.29 is 4.42 Å². The van der Waals surface area contributed by atoms with Crippen molar-refractivity contribution in [3.8, 4) is 0 Å². The van der Waals surface area contributed by atoms with E-state index in [1.807, 2.05) is 37.3 Å². The molecule has 2 aromatic rings. The molecule has 2 nitrogen and oxygen atoms in total. The second-order valence-corrected chi connectivity index (χ2v) is 5.71. The maximum absolute atomic E-state index is 5.60. The van der Waals surface area contributed by atoms with Crippen molar-refractivity contribution in [3.05, 3.63) is 50.8 Å². The predicted octanol–water partition coefficient (Wildman–Crippen LogP) is 5.29. The molecule has 0 spiro atoms.